The SMILES string of the molecule is COC[C@@H](C=O)Oc1ccc([C@H](C)n2c(C)c(C)c3cc(C(=O)O)ccc32)cc1. The normalized spacial score (nSPS) is 13.2. The van der Waals surface area contributed by atoms with Crippen LogP contribution < -0.4 is 4.74 Å². The predicted octanol–water partition coefficient (Wildman–Crippen LogP) is 4.16. The second-order valence-electron chi connectivity index (χ2n) is 7.11. The average Bonchev–Trinajstić information content (AvgIpc) is 2.97. The quantitative estimate of drug-likeness (QED) is 0.580. The van der Waals surface area contributed by atoms with Crippen molar-refractivity contribution in [1.29, 1.82) is 0 Å². The molecule has 6 nitrogen and oxygen atoms in total. The number of benzene rings is 2. The molecular weight excluding hydrogens is 370 g/mol. The molecule has 1 heterocycles. The van der Waals surface area contributed by atoms with Crippen molar-refractivity contribution in [2.45, 2.75) is 32.9 Å². The van der Waals surface area contributed by atoms with Gasteiger partial charge in [-0.3, -0.25) is 4.79 Å². The molecule has 0 aliphatic carbocycles. The molecule has 0 aliphatic heterocycles. The molecule has 3 rings (SSSR count). The number of aromatic nitrogens is 1. The topological polar surface area (TPSA) is 77.8 Å². The van der Waals surface area contributed by atoms with Gasteiger partial charge in [0.2, 0.25) is 0 Å². The van der Waals surface area contributed by atoms with Crippen LogP contribution >= 0.6 is 0 Å². The van der Waals surface area contributed by atoms with Gasteiger partial charge in [0.25, 0.3) is 0 Å². The zero-order chi connectivity index (χ0) is 21.1. The summed E-state index contributed by atoms with van der Waals surface area (Å²) in [5.41, 5.74) is 4.53. The minimum absolute atomic E-state index is 0.0387. The van der Waals surface area contributed by atoms with E-state index in [1.807, 2.05) is 44.2 Å². The summed E-state index contributed by atoms with van der Waals surface area (Å²) in [5.74, 6) is -0.325. The van der Waals surface area contributed by atoms with Crippen LogP contribution in [0.15, 0.2) is 42.5 Å². The third-order valence-corrected chi connectivity index (χ3v) is 5.33. The van der Waals surface area contributed by atoms with E-state index < -0.39 is 12.1 Å². The fraction of sp³-hybridized carbons (Fsp3) is 0.304. The Balaban J connectivity index is 1.93. The van der Waals surface area contributed by atoms with Crippen molar-refractivity contribution in [2.75, 3.05) is 13.7 Å². The van der Waals surface area contributed by atoms with Crippen LogP contribution in [0.3, 0.4) is 0 Å². The molecule has 1 N–H and O–H groups in total. The summed E-state index contributed by atoms with van der Waals surface area (Å²) < 4.78 is 12.8. The van der Waals surface area contributed by atoms with E-state index in [0.717, 1.165) is 34.0 Å². The Morgan fingerprint density at radius 2 is 1.86 bits per heavy atom. The second-order valence-corrected chi connectivity index (χ2v) is 7.11. The Morgan fingerprint density at radius 3 is 2.45 bits per heavy atom. The maximum Gasteiger partial charge on any atom is 0.335 e. The van der Waals surface area contributed by atoms with Gasteiger partial charge in [0.05, 0.1) is 18.2 Å². The lowest BCUT2D eigenvalue weighted by Gasteiger charge is -2.19. The molecule has 3 aromatic rings. The highest BCUT2D eigenvalue weighted by atomic mass is 16.5. The minimum Gasteiger partial charge on any atom is -0.481 e. The van der Waals surface area contributed by atoms with E-state index in [9.17, 15) is 14.7 Å². The number of methoxy groups -OCH3 is 1. The first-order chi connectivity index (χ1) is 13.9. The molecule has 0 saturated carbocycles. The van der Waals surface area contributed by atoms with E-state index in [1.54, 1.807) is 12.1 Å². The molecule has 0 unspecified atom stereocenters. The van der Waals surface area contributed by atoms with E-state index in [4.69, 9.17) is 9.47 Å². The first-order valence-corrected chi connectivity index (χ1v) is 9.42. The number of aromatic carboxylic acids is 1. The lowest BCUT2D eigenvalue weighted by atomic mass is 10.1. The molecule has 2 aromatic carbocycles. The lowest BCUT2D eigenvalue weighted by Crippen LogP contribution is -2.23. The maximum absolute atomic E-state index is 11.3. The summed E-state index contributed by atoms with van der Waals surface area (Å²) in [6.45, 7) is 6.36. The number of fused-ring (bicyclic) bond motifs is 1. The first kappa shape index (κ1) is 20.6. The summed E-state index contributed by atoms with van der Waals surface area (Å²) >= 11 is 0. The summed E-state index contributed by atoms with van der Waals surface area (Å²) in [5, 5.41) is 10.2. The van der Waals surface area contributed by atoms with Crippen LogP contribution in [-0.4, -0.2) is 41.7 Å². The van der Waals surface area contributed by atoms with E-state index in [1.165, 1.54) is 7.11 Å². The Labute approximate surface area is 169 Å². The third-order valence-electron chi connectivity index (χ3n) is 5.33. The molecule has 1 aromatic heterocycles. The highest BCUT2D eigenvalue weighted by Crippen LogP contribution is 2.32. The van der Waals surface area contributed by atoms with Gasteiger partial charge in [-0.2, -0.15) is 0 Å². The molecule has 0 saturated heterocycles. The fourth-order valence-corrected chi connectivity index (χ4v) is 3.65. The number of carboxylic acid groups (broad SMARTS) is 1. The van der Waals surface area contributed by atoms with Crippen molar-refractivity contribution >= 4 is 23.2 Å². The summed E-state index contributed by atoms with van der Waals surface area (Å²) in [6.07, 6.45) is 0.0914. The van der Waals surface area contributed by atoms with E-state index in [-0.39, 0.29) is 18.2 Å². The molecule has 0 bridgehead atoms. The van der Waals surface area contributed by atoms with Gasteiger partial charge in [0.1, 0.15) is 5.75 Å². The molecule has 0 aliphatic rings. The molecule has 0 radical (unpaired) electrons. The van der Waals surface area contributed by atoms with Crippen LogP contribution in [-0.2, 0) is 9.53 Å². The van der Waals surface area contributed by atoms with Crippen molar-refractivity contribution in [3.63, 3.8) is 0 Å². The number of hydrogen-bond acceptors (Lipinski definition) is 4. The number of rotatable bonds is 8. The van der Waals surface area contributed by atoms with Gasteiger partial charge in [-0.1, -0.05) is 12.1 Å². The lowest BCUT2D eigenvalue weighted by molar-refractivity contribution is -0.115. The predicted molar refractivity (Wildman–Crippen MR) is 111 cm³/mol. The number of carbonyl (C=O) groups excluding carboxylic acids is 1. The number of carboxylic acids is 1. The second kappa shape index (κ2) is 8.49. The smallest absolute Gasteiger partial charge is 0.335 e. The number of aldehydes is 1. The average molecular weight is 395 g/mol. The highest BCUT2D eigenvalue weighted by molar-refractivity contribution is 5.95. The van der Waals surface area contributed by atoms with Gasteiger partial charge in [0.15, 0.2) is 12.4 Å². The van der Waals surface area contributed by atoms with Crippen molar-refractivity contribution in [2.24, 2.45) is 0 Å². The standard InChI is InChI=1S/C23H25NO5/c1-14-15(2)24(22-10-7-18(23(26)27)11-21(14)22)16(3)17-5-8-19(9-6-17)29-20(12-25)13-28-4/h5-12,16,20H,13H2,1-4H3,(H,26,27)/t16-,20+/m0/s1. The molecule has 0 spiro atoms. The molecule has 0 fully saturated rings. The van der Waals surface area contributed by atoms with Crippen molar-refractivity contribution < 1.29 is 24.2 Å². The van der Waals surface area contributed by atoms with E-state index in [0.29, 0.717) is 5.75 Å². The molecule has 2 atom stereocenters. The van der Waals surface area contributed by atoms with Crippen molar-refractivity contribution in [1.82, 2.24) is 4.57 Å². The van der Waals surface area contributed by atoms with Crippen LogP contribution in [0.4, 0.5) is 0 Å². The van der Waals surface area contributed by atoms with Gasteiger partial charge in [-0.05, 0) is 62.2 Å². The van der Waals surface area contributed by atoms with E-state index in [2.05, 4.69) is 11.5 Å². The Hall–Kier alpha value is -3.12. The molecular formula is C23H25NO5. The van der Waals surface area contributed by atoms with Crippen LogP contribution in [0.25, 0.3) is 10.9 Å². The Kier molecular flexibility index (Phi) is 6.03. The van der Waals surface area contributed by atoms with Crippen LogP contribution in [0.5, 0.6) is 5.75 Å². The van der Waals surface area contributed by atoms with Gasteiger partial charge in [-0.25, -0.2) is 4.79 Å². The van der Waals surface area contributed by atoms with Gasteiger partial charge in [0, 0.05) is 23.7 Å². The largest absolute Gasteiger partial charge is 0.481 e. The number of aryl methyl sites for hydroxylation is 1. The first-order valence-electron chi connectivity index (χ1n) is 9.42. The maximum atomic E-state index is 11.3. The number of ether oxygens (including phenoxy) is 2. The number of carbonyl (C=O) groups is 2. The Morgan fingerprint density at radius 1 is 1.17 bits per heavy atom. The zero-order valence-corrected chi connectivity index (χ0v) is 17.0. The minimum atomic E-state index is -0.928. The summed E-state index contributed by atoms with van der Waals surface area (Å²) in [4.78, 5) is 22.4. The van der Waals surface area contributed by atoms with Crippen LogP contribution in [0.2, 0.25) is 0 Å². The monoisotopic (exact) mass is 395 g/mol. The summed E-state index contributed by atoms with van der Waals surface area (Å²) in [6, 6.07) is 12.9. The molecule has 0 amide bonds. The van der Waals surface area contributed by atoms with E-state index >= 15 is 0 Å². The molecule has 152 valence electrons. The molecule has 6 heteroatoms. The third kappa shape index (κ3) is 4.03. The van der Waals surface area contributed by atoms with Crippen molar-refractivity contribution in [3.8, 4) is 5.75 Å². The molecule has 29 heavy (non-hydrogen) atoms. The van der Waals surface area contributed by atoms with Crippen LogP contribution in [0.1, 0.15) is 40.1 Å². The fourth-order valence-electron chi connectivity index (χ4n) is 3.65. The zero-order valence-electron chi connectivity index (χ0n) is 17.0. The van der Waals surface area contributed by atoms with Gasteiger partial charge < -0.3 is 19.1 Å². The highest BCUT2D eigenvalue weighted by Gasteiger charge is 2.18. The van der Waals surface area contributed by atoms with Crippen LogP contribution in [0, 0.1) is 13.8 Å². The number of hydrogen-bond donors (Lipinski definition) is 1. The van der Waals surface area contributed by atoms with Gasteiger partial charge in [-0.15, -0.1) is 0 Å². The number of nitrogens with zero attached hydrogens (tertiary/aromatic N) is 1. The Bertz CT molecular complexity index is 1040. The van der Waals surface area contributed by atoms with Gasteiger partial charge >= 0.3 is 5.97 Å². The van der Waals surface area contributed by atoms with Crippen molar-refractivity contribution in [3.05, 3.63) is 64.8 Å². The summed E-state index contributed by atoms with van der Waals surface area (Å²) in [7, 11) is 1.52.